The Labute approximate surface area is 149 Å². The van der Waals surface area contributed by atoms with Gasteiger partial charge in [0.05, 0.1) is 0 Å². The van der Waals surface area contributed by atoms with Crippen LogP contribution in [0.2, 0.25) is 0 Å². The van der Waals surface area contributed by atoms with Crippen molar-refractivity contribution in [1.29, 1.82) is 0 Å². The lowest BCUT2D eigenvalue weighted by Gasteiger charge is -2.03. The van der Waals surface area contributed by atoms with Crippen LogP contribution in [0.25, 0.3) is 12.2 Å². The van der Waals surface area contributed by atoms with Gasteiger partial charge >= 0.3 is 0 Å². The van der Waals surface area contributed by atoms with Crippen molar-refractivity contribution in [3.63, 3.8) is 0 Å². The number of hydrogen-bond acceptors (Lipinski definition) is 5. The molecule has 0 bridgehead atoms. The summed E-state index contributed by atoms with van der Waals surface area (Å²) in [6, 6.07) is 13.2. The van der Waals surface area contributed by atoms with E-state index >= 15 is 0 Å². The van der Waals surface area contributed by atoms with E-state index in [-0.39, 0.29) is 5.91 Å². The van der Waals surface area contributed by atoms with Crippen LogP contribution < -0.4 is 5.32 Å². The van der Waals surface area contributed by atoms with Crippen LogP contribution >= 0.6 is 11.8 Å². The van der Waals surface area contributed by atoms with Crippen molar-refractivity contribution >= 4 is 35.5 Å². The SMILES string of the molecule is Cc1ccc(C=Cc2nc(SCCC(=O)Nc3ccccc3)n[nH]2)o1. The third-order valence-corrected chi connectivity index (χ3v) is 4.12. The minimum Gasteiger partial charge on any atom is -0.462 e. The number of thioether (sulfide) groups is 1. The zero-order valence-electron chi connectivity index (χ0n) is 13.7. The lowest BCUT2D eigenvalue weighted by atomic mass is 10.3. The topological polar surface area (TPSA) is 83.8 Å². The summed E-state index contributed by atoms with van der Waals surface area (Å²) < 4.78 is 5.45. The summed E-state index contributed by atoms with van der Waals surface area (Å²) in [5.41, 5.74) is 0.802. The number of nitrogens with zero attached hydrogens (tertiary/aromatic N) is 2. The fourth-order valence-corrected chi connectivity index (χ4v) is 2.82. The number of para-hydroxylation sites is 1. The first-order valence-corrected chi connectivity index (χ1v) is 8.82. The Morgan fingerprint density at radius 2 is 2.08 bits per heavy atom. The molecular formula is C18H18N4O2S. The molecule has 2 N–H and O–H groups in total. The third-order valence-electron chi connectivity index (χ3n) is 3.27. The van der Waals surface area contributed by atoms with E-state index in [4.69, 9.17) is 4.42 Å². The summed E-state index contributed by atoms with van der Waals surface area (Å²) >= 11 is 1.43. The smallest absolute Gasteiger partial charge is 0.225 e. The first kappa shape index (κ1) is 17.0. The van der Waals surface area contributed by atoms with Gasteiger partial charge in [-0.25, -0.2) is 4.98 Å². The molecule has 0 saturated heterocycles. The molecule has 3 rings (SSSR count). The molecule has 0 radical (unpaired) electrons. The van der Waals surface area contributed by atoms with Crippen LogP contribution in [-0.2, 0) is 4.79 Å². The van der Waals surface area contributed by atoms with E-state index in [9.17, 15) is 4.79 Å². The number of rotatable bonds is 7. The lowest BCUT2D eigenvalue weighted by molar-refractivity contribution is -0.115. The second-order valence-corrected chi connectivity index (χ2v) is 6.36. The molecule has 25 heavy (non-hydrogen) atoms. The summed E-state index contributed by atoms with van der Waals surface area (Å²) in [6.07, 6.45) is 4.03. The quantitative estimate of drug-likeness (QED) is 0.627. The van der Waals surface area contributed by atoms with Gasteiger partial charge in [-0.15, -0.1) is 5.10 Å². The van der Waals surface area contributed by atoms with Crippen LogP contribution in [0.1, 0.15) is 23.8 Å². The van der Waals surface area contributed by atoms with Gasteiger partial charge in [-0.1, -0.05) is 30.0 Å². The van der Waals surface area contributed by atoms with E-state index in [1.165, 1.54) is 11.8 Å². The van der Waals surface area contributed by atoms with Gasteiger partial charge in [-0.2, -0.15) is 0 Å². The number of anilines is 1. The summed E-state index contributed by atoms with van der Waals surface area (Å²) in [5, 5.41) is 10.4. The molecule has 0 saturated carbocycles. The molecule has 2 heterocycles. The van der Waals surface area contributed by atoms with Gasteiger partial charge in [0.25, 0.3) is 0 Å². The summed E-state index contributed by atoms with van der Waals surface area (Å²) in [4.78, 5) is 16.2. The van der Waals surface area contributed by atoms with Crippen LogP contribution in [0.5, 0.6) is 0 Å². The van der Waals surface area contributed by atoms with Gasteiger partial charge in [-0.05, 0) is 43.3 Å². The molecule has 0 spiro atoms. The Hall–Kier alpha value is -2.80. The molecule has 3 aromatic rings. The maximum atomic E-state index is 11.9. The number of hydrogen-bond donors (Lipinski definition) is 2. The van der Waals surface area contributed by atoms with Crippen molar-refractivity contribution in [1.82, 2.24) is 15.2 Å². The molecule has 0 aliphatic heterocycles. The Kier molecular flexibility index (Phi) is 5.69. The summed E-state index contributed by atoms with van der Waals surface area (Å²) in [5.74, 6) is 2.85. The normalized spacial score (nSPS) is 11.1. The molecule has 1 aromatic carbocycles. The summed E-state index contributed by atoms with van der Waals surface area (Å²) in [7, 11) is 0. The number of aryl methyl sites for hydroxylation is 1. The third kappa shape index (κ3) is 5.36. The van der Waals surface area contributed by atoms with Gasteiger partial charge < -0.3 is 9.73 Å². The zero-order valence-corrected chi connectivity index (χ0v) is 14.5. The van der Waals surface area contributed by atoms with Gasteiger partial charge in [0.1, 0.15) is 17.3 Å². The minimum absolute atomic E-state index is 0.0254. The Balaban J connectivity index is 1.44. The van der Waals surface area contributed by atoms with Crippen molar-refractivity contribution in [2.45, 2.75) is 18.5 Å². The predicted octanol–water partition coefficient (Wildman–Crippen LogP) is 4.00. The highest BCUT2D eigenvalue weighted by molar-refractivity contribution is 7.99. The van der Waals surface area contributed by atoms with E-state index in [1.807, 2.05) is 55.5 Å². The molecule has 7 heteroatoms. The molecule has 1 amide bonds. The summed E-state index contributed by atoms with van der Waals surface area (Å²) in [6.45, 7) is 1.90. The van der Waals surface area contributed by atoms with E-state index < -0.39 is 0 Å². The standard InChI is InChI=1S/C18H18N4O2S/c1-13-7-8-15(24-13)9-10-16-20-18(22-21-16)25-12-11-17(23)19-14-5-3-2-4-6-14/h2-10H,11-12H2,1H3,(H,19,23)(H,20,21,22). The number of H-pyrrole nitrogens is 1. The number of nitrogens with one attached hydrogen (secondary N) is 2. The predicted molar refractivity (Wildman–Crippen MR) is 99.2 cm³/mol. The van der Waals surface area contributed by atoms with Crippen LogP contribution in [0.3, 0.4) is 0 Å². The minimum atomic E-state index is -0.0254. The van der Waals surface area contributed by atoms with Gasteiger partial charge in [0.15, 0.2) is 0 Å². The Bertz CT molecular complexity index is 855. The molecule has 0 aliphatic carbocycles. The monoisotopic (exact) mass is 354 g/mol. The molecule has 0 atom stereocenters. The maximum absolute atomic E-state index is 11.9. The van der Waals surface area contributed by atoms with E-state index in [1.54, 1.807) is 6.08 Å². The number of aromatic amines is 1. The molecule has 128 valence electrons. The Morgan fingerprint density at radius 1 is 1.24 bits per heavy atom. The Morgan fingerprint density at radius 3 is 2.84 bits per heavy atom. The number of carbonyl (C=O) groups excluding carboxylic acids is 1. The van der Waals surface area contributed by atoms with Crippen LogP contribution in [0.15, 0.2) is 52.0 Å². The number of amides is 1. The van der Waals surface area contributed by atoms with Crippen molar-refractivity contribution in [3.05, 3.63) is 59.8 Å². The molecule has 2 aromatic heterocycles. The van der Waals surface area contributed by atoms with Gasteiger partial charge in [-0.3, -0.25) is 9.89 Å². The van der Waals surface area contributed by atoms with E-state index in [0.717, 1.165) is 17.2 Å². The van der Waals surface area contributed by atoms with Crippen LogP contribution in [-0.4, -0.2) is 26.8 Å². The first-order chi connectivity index (χ1) is 12.2. The highest BCUT2D eigenvalue weighted by Crippen LogP contribution is 2.16. The maximum Gasteiger partial charge on any atom is 0.225 e. The fraction of sp³-hybridized carbons (Fsp3) is 0.167. The van der Waals surface area contributed by atoms with Crippen molar-refractivity contribution in [2.24, 2.45) is 0 Å². The number of aromatic nitrogens is 3. The highest BCUT2D eigenvalue weighted by Gasteiger charge is 2.06. The second-order valence-electron chi connectivity index (χ2n) is 5.30. The van der Waals surface area contributed by atoms with E-state index in [2.05, 4.69) is 20.5 Å². The van der Waals surface area contributed by atoms with Crippen molar-refractivity contribution < 1.29 is 9.21 Å². The number of furan rings is 1. The molecule has 0 fully saturated rings. The zero-order chi connectivity index (χ0) is 17.5. The van der Waals surface area contributed by atoms with Crippen LogP contribution in [0, 0.1) is 6.92 Å². The number of carbonyl (C=O) groups is 1. The largest absolute Gasteiger partial charge is 0.462 e. The van der Waals surface area contributed by atoms with Crippen molar-refractivity contribution in [2.75, 3.05) is 11.1 Å². The number of benzene rings is 1. The molecule has 6 nitrogen and oxygen atoms in total. The average molecular weight is 354 g/mol. The highest BCUT2D eigenvalue weighted by atomic mass is 32.2. The second kappa shape index (κ2) is 8.34. The first-order valence-electron chi connectivity index (χ1n) is 7.84. The molecular weight excluding hydrogens is 336 g/mol. The molecule has 0 unspecified atom stereocenters. The van der Waals surface area contributed by atoms with Crippen molar-refractivity contribution in [3.8, 4) is 0 Å². The van der Waals surface area contributed by atoms with Gasteiger partial charge in [0.2, 0.25) is 11.1 Å². The van der Waals surface area contributed by atoms with E-state index in [0.29, 0.717) is 23.2 Å². The fourth-order valence-electron chi connectivity index (χ4n) is 2.08. The average Bonchev–Trinajstić information content (AvgIpc) is 3.23. The van der Waals surface area contributed by atoms with Gasteiger partial charge in [0, 0.05) is 17.9 Å². The lowest BCUT2D eigenvalue weighted by Crippen LogP contribution is -2.11. The van der Waals surface area contributed by atoms with Crippen LogP contribution in [0.4, 0.5) is 5.69 Å². The molecule has 0 aliphatic rings.